The molecule has 0 atom stereocenters. The quantitative estimate of drug-likeness (QED) is 0.246. The number of aromatic nitrogens is 4. The molecular formula is C29H26ClN5O2. The normalized spacial score (nSPS) is 11.2. The lowest BCUT2D eigenvalue weighted by Gasteiger charge is -2.12. The first kappa shape index (κ1) is 24.6. The monoisotopic (exact) mass is 511 g/mol. The van der Waals surface area contributed by atoms with Crippen LogP contribution < -0.4 is 5.32 Å². The van der Waals surface area contributed by atoms with Crippen LogP contribution in [0.25, 0.3) is 22.0 Å². The first-order chi connectivity index (χ1) is 17.8. The van der Waals surface area contributed by atoms with E-state index in [1.165, 1.54) is 0 Å². The van der Waals surface area contributed by atoms with Gasteiger partial charge in [0.25, 0.3) is 0 Å². The molecule has 0 saturated carbocycles. The second kappa shape index (κ2) is 10.1. The molecular weight excluding hydrogens is 486 g/mol. The van der Waals surface area contributed by atoms with Crippen LogP contribution in [0, 0.1) is 27.7 Å². The van der Waals surface area contributed by atoms with Gasteiger partial charge in [-0.1, -0.05) is 35.0 Å². The summed E-state index contributed by atoms with van der Waals surface area (Å²) < 4.78 is 5.37. The number of halogens is 1. The highest BCUT2D eigenvalue weighted by molar-refractivity contribution is 6.30. The molecule has 37 heavy (non-hydrogen) atoms. The summed E-state index contributed by atoms with van der Waals surface area (Å²) in [4.78, 5) is 27.0. The molecule has 0 fully saturated rings. The Labute approximate surface area is 219 Å². The molecule has 0 spiro atoms. The number of anilines is 1. The van der Waals surface area contributed by atoms with Gasteiger partial charge in [-0.05, 0) is 80.8 Å². The minimum absolute atomic E-state index is 0.160. The van der Waals surface area contributed by atoms with E-state index in [1.54, 1.807) is 0 Å². The molecule has 0 aliphatic rings. The molecule has 1 N–H and O–H groups in total. The number of nitrogens with one attached hydrogen (secondary N) is 1. The molecule has 186 valence electrons. The summed E-state index contributed by atoms with van der Waals surface area (Å²) in [5.74, 6) is 1.32. The van der Waals surface area contributed by atoms with Gasteiger partial charge in [0.05, 0.1) is 11.2 Å². The van der Waals surface area contributed by atoms with Gasteiger partial charge in [-0.25, -0.2) is 9.97 Å². The summed E-state index contributed by atoms with van der Waals surface area (Å²) in [6.45, 7) is 8.12. The van der Waals surface area contributed by atoms with Gasteiger partial charge >= 0.3 is 0 Å². The lowest BCUT2D eigenvalue weighted by Crippen LogP contribution is -2.12. The molecule has 0 bridgehead atoms. The SMILES string of the molecule is Cc1cc(CC(=O)c2nc(NCc3cccc(Cl)c3)c3cc(-c4c(C)noc4C)ccc3n2)cc(C)n1. The van der Waals surface area contributed by atoms with Crippen LogP contribution in [0.15, 0.2) is 59.1 Å². The van der Waals surface area contributed by atoms with Crippen molar-refractivity contribution in [3.8, 4) is 11.1 Å². The standard InChI is InChI=1S/C29H26ClN5O2/c1-16-10-21(11-17(2)32-16)13-26(36)29-33-25-9-8-22(27-18(3)35-37-19(27)4)14-24(25)28(34-29)31-15-20-6-5-7-23(30)12-20/h5-12,14H,13,15H2,1-4H3,(H,31,33,34). The third-order valence-electron chi connectivity index (χ3n) is 6.12. The molecule has 5 rings (SSSR count). The topological polar surface area (TPSA) is 93.8 Å². The first-order valence-electron chi connectivity index (χ1n) is 12.0. The van der Waals surface area contributed by atoms with Crippen molar-refractivity contribution in [1.29, 1.82) is 0 Å². The fraction of sp³-hybridized carbons (Fsp3) is 0.207. The summed E-state index contributed by atoms with van der Waals surface area (Å²) in [6.07, 6.45) is 0.195. The predicted octanol–water partition coefficient (Wildman–Crippen LogP) is 6.60. The largest absolute Gasteiger partial charge is 0.365 e. The van der Waals surface area contributed by atoms with Crippen molar-refractivity contribution < 1.29 is 9.32 Å². The second-order valence-corrected chi connectivity index (χ2v) is 9.60. The van der Waals surface area contributed by atoms with Gasteiger partial charge in [-0.15, -0.1) is 0 Å². The van der Waals surface area contributed by atoms with Gasteiger partial charge < -0.3 is 9.84 Å². The lowest BCUT2D eigenvalue weighted by molar-refractivity contribution is 0.0983. The van der Waals surface area contributed by atoms with Gasteiger partial charge in [-0.3, -0.25) is 9.78 Å². The van der Waals surface area contributed by atoms with Crippen molar-refractivity contribution in [2.24, 2.45) is 0 Å². The van der Waals surface area contributed by atoms with E-state index in [-0.39, 0.29) is 18.0 Å². The highest BCUT2D eigenvalue weighted by Crippen LogP contribution is 2.32. The number of ketones is 1. The number of nitrogens with zero attached hydrogens (tertiary/aromatic N) is 4. The second-order valence-electron chi connectivity index (χ2n) is 9.17. The maximum atomic E-state index is 13.3. The third-order valence-corrected chi connectivity index (χ3v) is 6.36. The maximum absolute atomic E-state index is 13.3. The summed E-state index contributed by atoms with van der Waals surface area (Å²) >= 11 is 6.18. The van der Waals surface area contributed by atoms with Crippen LogP contribution >= 0.6 is 11.6 Å². The van der Waals surface area contributed by atoms with E-state index in [9.17, 15) is 4.79 Å². The highest BCUT2D eigenvalue weighted by Gasteiger charge is 2.18. The van der Waals surface area contributed by atoms with E-state index in [2.05, 4.69) is 25.4 Å². The Morgan fingerprint density at radius 3 is 2.41 bits per heavy atom. The van der Waals surface area contributed by atoms with Crippen molar-refractivity contribution in [3.05, 3.63) is 99.4 Å². The van der Waals surface area contributed by atoms with Crippen LogP contribution in [0.3, 0.4) is 0 Å². The van der Waals surface area contributed by atoms with Gasteiger partial charge in [0.2, 0.25) is 5.78 Å². The molecule has 8 heteroatoms. The van der Waals surface area contributed by atoms with Crippen LogP contribution in [-0.4, -0.2) is 25.9 Å². The fourth-order valence-electron chi connectivity index (χ4n) is 4.56. The molecule has 5 aromatic rings. The lowest BCUT2D eigenvalue weighted by atomic mass is 10.0. The number of carbonyl (C=O) groups is 1. The maximum Gasteiger partial charge on any atom is 0.204 e. The van der Waals surface area contributed by atoms with Crippen molar-refractivity contribution >= 4 is 34.1 Å². The zero-order valence-electron chi connectivity index (χ0n) is 21.1. The van der Waals surface area contributed by atoms with Gasteiger partial charge in [0, 0.05) is 40.3 Å². The van der Waals surface area contributed by atoms with Crippen LogP contribution in [0.2, 0.25) is 5.02 Å². The Hall–Kier alpha value is -4.10. The number of carbonyl (C=O) groups excluding carboxylic acids is 1. The smallest absolute Gasteiger partial charge is 0.204 e. The van der Waals surface area contributed by atoms with Crippen molar-refractivity contribution in [3.63, 3.8) is 0 Å². The Bertz CT molecular complexity index is 1600. The van der Waals surface area contributed by atoms with E-state index >= 15 is 0 Å². The zero-order chi connectivity index (χ0) is 26.1. The number of hydrogen-bond acceptors (Lipinski definition) is 7. The van der Waals surface area contributed by atoms with Crippen molar-refractivity contribution in [2.75, 3.05) is 5.32 Å². The first-order valence-corrected chi connectivity index (χ1v) is 12.4. The molecule has 0 unspecified atom stereocenters. The Morgan fingerprint density at radius 1 is 0.919 bits per heavy atom. The number of hydrogen-bond donors (Lipinski definition) is 1. The van der Waals surface area contributed by atoms with Gasteiger partial charge in [0.1, 0.15) is 11.6 Å². The van der Waals surface area contributed by atoms with Gasteiger partial charge in [-0.2, -0.15) is 0 Å². The Morgan fingerprint density at radius 2 is 1.70 bits per heavy atom. The van der Waals surface area contributed by atoms with E-state index in [0.717, 1.165) is 50.5 Å². The van der Waals surface area contributed by atoms with Gasteiger partial charge in [0.15, 0.2) is 5.82 Å². The molecule has 2 aromatic carbocycles. The summed E-state index contributed by atoms with van der Waals surface area (Å²) in [5, 5.41) is 8.94. The Kier molecular flexibility index (Phi) is 6.72. The van der Waals surface area contributed by atoms with Crippen LogP contribution in [0.5, 0.6) is 0 Å². The minimum Gasteiger partial charge on any atom is -0.365 e. The molecule has 0 saturated heterocycles. The van der Waals surface area contributed by atoms with Crippen LogP contribution in [-0.2, 0) is 13.0 Å². The van der Waals surface area contributed by atoms with E-state index in [4.69, 9.17) is 16.1 Å². The molecule has 0 amide bonds. The van der Waals surface area contributed by atoms with E-state index in [0.29, 0.717) is 22.9 Å². The average molecular weight is 512 g/mol. The predicted molar refractivity (Wildman–Crippen MR) is 145 cm³/mol. The molecule has 3 aromatic heterocycles. The fourth-order valence-corrected chi connectivity index (χ4v) is 4.77. The number of fused-ring (bicyclic) bond motifs is 1. The molecule has 0 radical (unpaired) electrons. The number of benzene rings is 2. The Balaban J connectivity index is 1.56. The van der Waals surface area contributed by atoms with Crippen molar-refractivity contribution in [2.45, 2.75) is 40.7 Å². The summed E-state index contributed by atoms with van der Waals surface area (Å²) in [7, 11) is 0. The van der Waals surface area contributed by atoms with E-state index < -0.39 is 0 Å². The number of rotatable bonds is 7. The minimum atomic E-state index is -0.160. The summed E-state index contributed by atoms with van der Waals surface area (Å²) in [6, 6.07) is 17.3. The molecule has 0 aliphatic heterocycles. The zero-order valence-corrected chi connectivity index (χ0v) is 21.8. The van der Waals surface area contributed by atoms with Crippen LogP contribution in [0.1, 0.15) is 44.6 Å². The number of pyridine rings is 1. The molecule has 0 aliphatic carbocycles. The van der Waals surface area contributed by atoms with Crippen LogP contribution in [0.4, 0.5) is 5.82 Å². The highest BCUT2D eigenvalue weighted by atomic mass is 35.5. The van der Waals surface area contributed by atoms with E-state index in [1.807, 2.05) is 82.3 Å². The van der Waals surface area contributed by atoms with Crippen molar-refractivity contribution in [1.82, 2.24) is 20.1 Å². The summed E-state index contributed by atoms with van der Waals surface area (Å²) in [5.41, 5.74) is 6.99. The number of aryl methyl sites for hydroxylation is 4. The number of Topliss-reactive ketones (excluding diaryl/α,β-unsaturated/α-hetero) is 1. The average Bonchev–Trinajstić information content (AvgIpc) is 3.19. The third kappa shape index (κ3) is 5.37. The molecule has 7 nitrogen and oxygen atoms in total. The molecule has 3 heterocycles.